The van der Waals surface area contributed by atoms with Gasteiger partial charge in [-0.3, -0.25) is 9.52 Å². The minimum Gasteiger partial charge on any atom is -0.352 e. The van der Waals surface area contributed by atoms with Crippen LogP contribution in [0.2, 0.25) is 5.02 Å². The molecule has 32 heavy (non-hydrogen) atoms. The molecule has 0 spiro atoms. The average molecular weight is 478 g/mol. The molecule has 1 saturated heterocycles. The highest BCUT2D eigenvalue weighted by Gasteiger charge is 2.48. The van der Waals surface area contributed by atoms with Crippen molar-refractivity contribution in [2.24, 2.45) is 18.9 Å². The molecule has 2 N–H and O–H groups in total. The molecule has 168 valence electrons. The molecule has 2 unspecified atom stereocenters. The smallest absolute Gasteiger partial charge is 0.301 e. The van der Waals surface area contributed by atoms with Crippen LogP contribution in [0, 0.1) is 24.6 Å². The summed E-state index contributed by atoms with van der Waals surface area (Å²) in [5, 5.41) is 3.23. The van der Waals surface area contributed by atoms with E-state index < -0.39 is 16.0 Å². The topological polar surface area (TPSA) is 96.3 Å². The maximum atomic E-state index is 14.7. The second-order valence-corrected chi connectivity index (χ2v) is 10.4. The molecule has 2 atom stereocenters. The van der Waals surface area contributed by atoms with Gasteiger partial charge in [0.15, 0.2) is 0 Å². The van der Waals surface area contributed by atoms with Gasteiger partial charge in [-0.05, 0) is 55.0 Å². The van der Waals surface area contributed by atoms with Crippen molar-refractivity contribution < 1.29 is 12.8 Å². The standard InChI is InChI=1S/C21H21ClFN5O3S/c1-11-15(5-6-16-18(11)21(29)27(2)10-24-16)25-20-14(23)3-4-17(19(20)22)26-32(30,31)28-8-12-7-13(12)9-28/h3-6,10,12-13,25-26H,7-9H2,1-2H3. The molecule has 1 saturated carbocycles. The predicted octanol–water partition coefficient (Wildman–Crippen LogP) is 3.39. The Kier molecular flexibility index (Phi) is 4.92. The molecule has 2 fully saturated rings. The molecule has 0 bridgehead atoms. The van der Waals surface area contributed by atoms with Crippen molar-refractivity contribution in [2.75, 3.05) is 23.1 Å². The Morgan fingerprint density at radius 3 is 2.56 bits per heavy atom. The SMILES string of the molecule is Cc1c(Nc2c(F)ccc(NS(=O)(=O)N3CC4CC4C3)c2Cl)ccc2ncn(C)c(=O)c12. The van der Waals surface area contributed by atoms with E-state index in [0.717, 1.165) is 12.5 Å². The Hall–Kier alpha value is -2.69. The summed E-state index contributed by atoms with van der Waals surface area (Å²) in [5.74, 6) is 0.218. The number of halogens is 2. The second-order valence-electron chi connectivity index (χ2n) is 8.38. The zero-order valence-electron chi connectivity index (χ0n) is 17.4. The van der Waals surface area contributed by atoms with Gasteiger partial charge in [0, 0.05) is 25.8 Å². The van der Waals surface area contributed by atoms with Gasteiger partial charge in [0.1, 0.15) is 5.82 Å². The molecular formula is C21H21ClFN5O3S. The molecule has 5 rings (SSSR count). The minimum atomic E-state index is -3.79. The summed E-state index contributed by atoms with van der Waals surface area (Å²) in [4.78, 5) is 16.8. The molecule has 3 aromatic rings. The van der Waals surface area contributed by atoms with Crippen LogP contribution in [0.25, 0.3) is 10.9 Å². The normalized spacial score (nSPS) is 20.4. The van der Waals surface area contributed by atoms with Crippen molar-refractivity contribution >= 4 is 49.8 Å². The Bertz CT molecular complexity index is 1420. The predicted molar refractivity (Wildman–Crippen MR) is 122 cm³/mol. The number of nitrogens with one attached hydrogen (secondary N) is 2. The third-order valence-electron chi connectivity index (χ3n) is 6.22. The molecule has 8 nitrogen and oxygen atoms in total. The van der Waals surface area contributed by atoms with Crippen molar-refractivity contribution in [3.63, 3.8) is 0 Å². The molecule has 0 amide bonds. The summed E-state index contributed by atoms with van der Waals surface area (Å²) in [6, 6.07) is 5.77. The fraction of sp³-hybridized carbons (Fsp3) is 0.333. The largest absolute Gasteiger partial charge is 0.352 e. The van der Waals surface area contributed by atoms with Gasteiger partial charge in [0.25, 0.3) is 5.56 Å². The molecule has 1 aliphatic heterocycles. The molecule has 11 heteroatoms. The lowest BCUT2D eigenvalue weighted by Gasteiger charge is -2.21. The van der Waals surface area contributed by atoms with Crippen LogP contribution >= 0.6 is 11.6 Å². The van der Waals surface area contributed by atoms with E-state index in [4.69, 9.17) is 11.6 Å². The zero-order chi connectivity index (χ0) is 22.8. The highest BCUT2D eigenvalue weighted by atomic mass is 35.5. The van der Waals surface area contributed by atoms with E-state index in [1.807, 2.05) is 0 Å². The lowest BCUT2D eigenvalue weighted by atomic mass is 10.1. The average Bonchev–Trinajstić information content (AvgIpc) is 3.36. The van der Waals surface area contributed by atoms with Crippen LogP contribution < -0.4 is 15.6 Å². The third kappa shape index (κ3) is 3.52. The van der Waals surface area contributed by atoms with E-state index in [0.29, 0.717) is 47.1 Å². The Morgan fingerprint density at radius 1 is 1.16 bits per heavy atom. The molecule has 1 aliphatic carbocycles. The third-order valence-corrected chi connectivity index (χ3v) is 8.07. The van der Waals surface area contributed by atoms with Crippen LogP contribution in [-0.4, -0.2) is 35.4 Å². The first-order valence-electron chi connectivity index (χ1n) is 10.1. The minimum absolute atomic E-state index is 0.0761. The quantitative estimate of drug-likeness (QED) is 0.587. The highest BCUT2D eigenvalue weighted by Crippen LogP contribution is 2.46. The number of nitrogens with zero attached hydrogens (tertiary/aromatic N) is 3. The van der Waals surface area contributed by atoms with Gasteiger partial charge in [0.2, 0.25) is 0 Å². The van der Waals surface area contributed by atoms with E-state index in [9.17, 15) is 17.6 Å². The lowest BCUT2D eigenvalue weighted by Crippen LogP contribution is -2.35. The van der Waals surface area contributed by atoms with E-state index in [2.05, 4.69) is 15.0 Å². The van der Waals surface area contributed by atoms with Crippen LogP contribution in [0.15, 0.2) is 35.4 Å². The molecule has 2 aliphatic rings. The Balaban J connectivity index is 1.49. The summed E-state index contributed by atoms with van der Waals surface area (Å²) >= 11 is 6.42. The van der Waals surface area contributed by atoms with Crippen molar-refractivity contribution in [1.29, 1.82) is 0 Å². The summed E-state index contributed by atoms with van der Waals surface area (Å²) < 4.78 is 45.4. The van der Waals surface area contributed by atoms with Gasteiger partial charge >= 0.3 is 10.2 Å². The van der Waals surface area contributed by atoms with Crippen molar-refractivity contribution in [3.8, 4) is 0 Å². The number of piperidine rings is 1. The van der Waals surface area contributed by atoms with Gasteiger partial charge in [-0.15, -0.1) is 0 Å². The summed E-state index contributed by atoms with van der Waals surface area (Å²) in [6.45, 7) is 2.71. The van der Waals surface area contributed by atoms with Crippen molar-refractivity contribution in [1.82, 2.24) is 13.9 Å². The molecule has 2 aromatic carbocycles. The Labute approximate surface area is 189 Å². The highest BCUT2D eigenvalue weighted by molar-refractivity contribution is 7.90. The molecule has 0 radical (unpaired) electrons. The maximum absolute atomic E-state index is 14.7. The van der Waals surface area contributed by atoms with Crippen LogP contribution in [0.1, 0.15) is 12.0 Å². The first-order chi connectivity index (χ1) is 15.2. The van der Waals surface area contributed by atoms with E-state index in [1.165, 1.54) is 21.3 Å². The fourth-order valence-electron chi connectivity index (χ4n) is 4.22. The van der Waals surface area contributed by atoms with Gasteiger partial charge in [-0.25, -0.2) is 9.37 Å². The van der Waals surface area contributed by atoms with E-state index >= 15 is 0 Å². The Morgan fingerprint density at radius 2 is 1.84 bits per heavy atom. The van der Waals surface area contributed by atoms with Gasteiger partial charge in [0.05, 0.1) is 33.6 Å². The first kappa shape index (κ1) is 21.2. The second kappa shape index (κ2) is 7.43. The number of hydrogen-bond donors (Lipinski definition) is 2. The van der Waals surface area contributed by atoms with Crippen molar-refractivity contribution in [2.45, 2.75) is 13.3 Å². The molecule has 1 aromatic heterocycles. The fourth-order valence-corrected chi connectivity index (χ4v) is 5.88. The summed E-state index contributed by atoms with van der Waals surface area (Å²) in [6.07, 6.45) is 2.51. The maximum Gasteiger partial charge on any atom is 0.301 e. The number of hydrogen-bond acceptors (Lipinski definition) is 5. The van der Waals surface area contributed by atoms with Crippen LogP contribution in [0.4, 0.5) is 21.5 Å². The first-order valence-corrected chi connectivity index (χ1v) is 12.0. The number of benzene rings is 2. The van der Waals surface area contributed by atoms with Gasteiger partial charge in [-0.1, -0.05) is 11.6 Å². The zero-order valence-corrected chi connectivity index (χ0v) is 19.0. The monoisotopic (exact) mass is 477 g/mol. The number of aryl methyl sites for hydroxylation is 2. The van der Waals surface area contributed by atoms with Gasteiger partial charge in [-0.2, -0.15) is 12.7 Å². The van der Waals surface area contributed by atoms with E-state index in [1.54, 1.807) is 26.1 Å². The number of fused-ring (bicyclic) bond motifs is 2. The van der Waals surface area contributed by atoms with Crippen LogP contribution in [0.5, 0.6) is 0 Å². The number of anilines is 3. The summed E-state index contributed by atoms with van der Waals surface area (Å²) in [7, 11) is -2.19. The summed E-state index contributed by atoms with van der Waals surface area (Å²) in [5.41, 5.74) is 1.32. The van der Waals surface area contributed by atoms with Crippen LogP contribution in [-0.2, 0) is 17.3 Å². The lowest BCUT2D eigenvalue weighted by molar-refractivity contribution is 0.447. The van der Waals surface area contributed by atoms with Crippen LogP contribution in [0.3, 0.4) is 0 Å². The number of rotatable bonds is 5. The van der Waals surface area contributed by atoms with Crippen molar-refractivity contribution in [3.05, 3.63) is 57.3 Å². The molecular weight excluding hydrogens is 457 g/mol. The number of aromatic nitrogens is 2. The molecule has 2 heterocycles. The van der Waals surface area contributed by atoms with E-state index in [-0.39, 0.29) is 22.0 Å². The van der Waals surface area contributed by atoms with Gasteiger partial charge < -0.3 is 9.88 Å².